The van der Waals surface area contributed by atoms with E-state index in [1.165, 1.54) is 35.2 Å². The quantitative estimate of drug-likeness (QED) is 0.399. The molecular formula is C29H30FN3O5. The molecule has 1 aliphatic heterocycles. The lowest BCUT2D eigenvalue weighted by Crippen LogP contribution is -2.42. The number of carbonyl (C=O) groups is 2. The third kappa shape index (κ3) is 6.00. The average molecular weight is 520 g/mol. The Balaban J connectivity index is 1.66. The zero-order chi connectivity index (χ0) is 27.1. The van der Waals surface area contributed by atoms with Crippen molar-refractivity contribution in [2.24, 2.45) is 5.10 Å². The van der Waals surface area contributed by atoms with Gasteiger partial charge in [0, 0.05) is 37.3 Å². The van der Waals surface area contributed by atoms with Gasteiger partial charge < -0.3 is 19.1 Å². The molecule has 0 spiro atoms. The summed E-state index contributed by atoms with van der Waals surface area (Å²) in [5.41, 5.74) is 2.48. The van der Waals surface area contributed by atoms with Gasteiger partial charge in [0.2, 0.25) is 0 Å². The Morgan fingerprint density at radius 3 is 2.47 bits per heavy atom. The van der Waals surface area contributed by atoms with Crippen molar-refractivity contribution < 1.29 is 28.2 Å². The molecule has 1 heterocycles. The van der Waals surface area contributed by atoms with Gasteiger partial charge in [0.25, 0.3) is 11.8 Å². The molecule has 3 aromatic rings. The number of hydrazone groups is 1. The summed E-state index contributed by atoms with van der Waals surface area (Å²) in [5.74, 6) is -0.151. The molecule has 198 valence electrons. The SMILES string of the molecule is COCCN(CC(=O)N1N=C(c2ccc(OC)cc2OC)C[C@H]1c1ccccc1)C(=O)c1cccc(F)c1. The van der Waals surface area contributed by atoms with Gasteiger partial charge >= 0.3 is 0 Å². The first-order valence-corrected chi connectivity index (χ1v) is 12.2. The van der Waals surface area contributed by atoms with Crippen molar-refractivity contribution in [2.45, 2.75) is 12.5 Å². The molecule has 4 rings (SSSR count). The van der Waals surface area contributed by atoms with E-state index in [-0.39, 0.29) is 37.2 Å². The Hall–Kier alpha value is -4.24. The van der Waals surface area contributed by atoms with Crippen LogP contribution in [0.4, 0.5) is 4.39 Å². The highest BCUT2D eigenvalue weighted by Crippen LogP contribution is 2.36. The van der Waals surface area contributed by atoms with Crippen molar-refractivity contribution in [1.82, 2.24) is 9.91 Å². The summed E-state index contributed by atoms with van der Waals surface area (Å²) in [6.45, 7) is 0.122. The number of carbonyl (C=O) groups excluding carboxylic acids is 2. The van der Waals surface area contributed by atoms with Crippen LogP contribution in [0.15, 0.2) is 77.9 Å². The van der Waals surface area contributed by atoms with Crippen LogP contribution in [0.5, 0.6) is 11.5 Å². The molecule has 1 atom stereocenters. The van der Waals surface area contributed by atoms with Gasteiger partial charge in [-0.1, -0.05) is 36.4 Å². The molecule has 0 radical (unpaired) electrons. The van der Waals surface area contributed by atoms with Gasteiger partial charge in [-0.15, -0.1) is 0 Å². The monoisotopic (exact) mass is 519 g/mol. The topological polar surface area (TPSA) is 80.7 Å². The molecule has 0 unspecified atom stereocenters. The molecule has 1 aliphatic rings. The number of methoxy groups -OCH3 is 3. The molecule has 3 aromatic carbocycles. The number of hydrogen-bond donors (Lipinski definition) is 0. The first-order chi connectivity index (χ1) is 18.4. The fourth-order valence-electron chi connectivity index (χ4n) is 4.37. The van der Waals surface area contributed by atoms with Gasteiger partial charge in [0.1, 0.15) is 23.9 Å². The van der Waals surface area contributed by atoms with Crippen LogP contribution in [0.1, 0.15) is 33.9 Å². The summed E-state index contributed by atoms with van der Waals surface area (Å²) in [6, 6.07) is 20.0. The molecule has 0 fully saturated rings. The Bertz CT molecular complexity index is 1310. The third-order valence-electron chi connectivity index (χ3n) is 6.32. The van der Waals surface area contributed by atoms with Crippen molar-refractivity contribution in [3.63, 3.8) is 0 Å². The molecule has 0 bridgehead atoms. The zero-order valence-corrected chi connectivity index (χ0v) is 21.6. The molecule has 2 amide bonds. The average Bonchev–Trinajstić information content (AvgIpc) is 3.40. The van der Waals surface area contributed by atoms with Crippen LogP contribution in [0, 0.1) is 5.82 Å². The van der Waals surface area contributed by atoms with Gasteiger partial charge in [-0.05, 0) is 35.9 Å². The van der Waals surface area contributed by atoms with Crippen molar-refractivity contribution in [1.29, 1.82) is 0 Å². The molecule has 8 nitrogen and oxygen atoms in total. The highest BCUT2D eigenvalue weighted by molar-refractivity contribution is 6.05. The fourth-order valence-corrected chi connectivity index (χ4v) is 4.37. The van der Waals surface area contributed by atoms with Crippen LogP contribution in [0.2, 0.25) is 0 Å². The summed E-state index contributed by atoms with van der Waals surface area (Å²) >= 11 is 0. The minimum atomic E-state index is -0.528. The number of rotatable bonds is 10. The van der Waals surface area contributed by atoms with Crippen LogP contribution in [0.25, 0.3) is 0 Å². The van der Waals surface area contributed by atoms with E-state index in [4.69, 9.17) is 19.3 Å². The molecule has 0 saturated carbocycles. The molecule has 38 heavy (non-hydrogen) atoms. The van der Waals surface area contributed by atoms with Crippen molar-refractivity contribution in [3.8, 4) is 11.5 Å². The second-order valence-corrected chi connectivity index (χ2v) is 8.71. The lowest BCUT2D eigenvalue weighted by Gasteiger charge is -2.27. The maximum Gasteiger partial charge on any atom is 0.262 e. The minimum absolute atomic E-state index is 0.155. The van der Waals surface area contributed by atoms with E-state index in [2.05, 4.69) is 0 Å². The Morgan fingerprint density at radius 1 is 1.00 bits per heavy atom. The summed E-state index contributed by atoms with van der Waals surface area (Å²) in [6.07, 6.45) is 0.453. The zero-order valence-electron chi connectivity index (χ0n) is 21.6. The van der Waals surface area contributed by atoms with Crippen molar-refractivity contribution in [3.05, 3.63) is 95.3 Å². The number of nitrogens with zero attached hydrogens (tertiary/aromatic N) is 3. The Kier molecular flexibility index (Phi) is 8.70. The molecule has 0 aliphatic carbocycles. The highest BCUT2D eigenvalue weighted by Gasteiger charge is 2.35. The maximum absolute atomic E-state index is 13.8. The number of amides is 2. The largest absolute Gasteiger partial charge is 0.497 e. The molecule has 9 heteroatoms. The number of ether oxygens (including phenoxy) is 3. The summed E-state index contributed by atoms with van der Waals surface area (Å²) in [5, 5.41) is 6.13. The summed E-state index contributed by atoms with van der Waals surface area (Å²) in [7, 11) is 4.66. The predicted molar refractivity (Wildman–Crippen MR) is 141 cm³/mol. The molecule has 0 N–H and O–H groups in total. The molecular weight excluding hydrogens is 489 g/mol. The number of halogens is 1. The van der Waals surface area contributed by atoms with Crippen LogP contribution < -0.4 is 9.47 Å². The minimum Gasteiger partial charge on any atom is -0.497 e. The maximum atomic E-state index is 13.8. The molecule has 0 saturated heterocycles. The van der Waals surface area contributed by atoms with E-state index in [9.17, 15) is 14.0 Å². The van der Waals surface area contributed by atoms with Crippen LogP contribution in [-0.4, -0.2) is 68.5 Å². The van der Waals surface area contributed by atoms with Gasteiger partial charge in [-0.25, -0.2) is 9.40 Å². The van der Waals surface area contributed by atoms with Crippen molar-refractivity contribution in [2.75, 3.05) is 41.0 Å². The van der Waals surface area contributed by atoms with E-state index < -0.39 is 11.7 Å². The summed E-state index contributed by atoms with van der Waals surface area (Å²) < 4.78 is 29.8. The standard InChI is InChI=1S/C29H30FN3O5/c1-36-15-14-32(29(35)21-10-7-11-22(30)16-21)19-28(34)33-26(20-8-5-4-6-9-20)18-25(31-33)24-13-12-23(37-2)17-27(24)38-3/h4-13,16-17,26H,14-15,18-19H2,1-3H3/t26-/m0/s1. The van der Waals surface area contributed by atoms with Gasteiger partial charge in [0.05, 0.1) is 32.6 Å². The van der Waals surface area contributed by atoms with E-state index in [1.54, 1.807) is 20.3 Å². The van der Waals surface area contributed by atoms with Gasteiger partial charge in [-0.2, -0.15) is 5.10 Å². The van der Waals surface area contributed by atoms with E-state index >= 15 is 0 Å². The second kappa shape index (κ2) is 12.3. The van der Waals surface area contributed by atoms with Crippen LogP contribution in [-0.2, 0) is 9.53 Å². The van der Waals surface area contributed by atoms with E-state index in [1.807, 2.05) is 42.5 Å². The highest BCUT2D eigenvalue weighted by atomic mass is 19.1. The first-order valence-electron chi connectivity index (χ1n) is 12.2. The Morgan fingerprint density at radius 2 is 1.79 bits per heavy atom. The lowest BCUT2D eigenvalue weighted by molar-refractivity contribution is -0.133. The fraction of sp³-hybridized carbons (Fsp3) is 0.276. The first kappa shape index (κ1) is 26.8. The van der Waals surface area contributed by atoms with Crippen LogP contribution in [0.3, 0.4) is 0 Å². The number of hydrogen-bond acceptors (Lipinski definition) is 6. The van der Waals surface area contributed by atoms with Gasteiger partial charge in [-0.3, -0.25) is 9.59 Å². The molecule has 0 aromatic heterocycles. The predicted octanol–water partition coefficient (Wildman–Crippen LogP) is 4.31. The Labute approximate surface area is 221 Å². The normalized spacial score (nSPS) is 14.7. The van der Waals surface area contributed by atoms with E-state index in [0.29, 0.717) is 23.6 Å². The number of benzene rings is 3. The van der Waals surface area contributed by atoms with Gasteiger partial charge in [0.15, 0.2) is 0 Å². The van der Waals surface area contributed by atoms with E-state index in [0.717, 1.165) is 17.2 Å². The smallest absolute Gasteiger partial charge is 0.262 e. The van der Waals surface area contributed by atoms with Crippen LogP contribution >= 0.6 is 0 Å². The lowest BCUT2D eigenvalue weighted by atomic mass is 9.98. The third-order valence-corrected chi connectivity index (χ3v) is 6.32. The second-order valence-electron chi connectivity index (χ2n) is 8.71. The van der Waals surface area contributed by atoms with Crippen molar-refractivity contribution >= 4 is 17.5 Å². The summed E-state index contributed by atoms with van der Waals surface area (Å²) in [4.78, 5) is 28.3.